The van der Waals surface area contributed by atoms with E-state index >= 15 is 0 Å². The number of halogens is 3. The lowest BCUT2D eigenvalue weighted by Crippen LogP contribution is -2.29. The van der Waals surface area contributed by atoms with Crippen LogP contribution in [0, 0.1) is 0 Å². The first kappa shape index (κ1) is 16.1. The van der Waals surface area contributed by atoms with Crippen LogP contribution in [-0.4, -0.2) is 35.8 Å². The maximum Gasteiger partial charge on any atom is 0.416 e. The van der Waals surface area contributed by atoms with E-state index < -0.39 is 17.6 Å². The first-order chi connectivity index (χ1) is 9.35. The molecule has 112 valence electrons. The number of aliphatic hydroxyl groups excluding tert-OH is 1. The Morgan fingerprint density at radius 3 is 2.50 bits per heavy atom. The molecule has 0 amide bonds. The molecule has 0 fully saturated rings. The van der Waals surface area contributed by atoms with Crippen molar-refractivity contribution >= 4 is 11.5 Å². The Labute approximate surface area is 114 Å². The molecule has 8 heteroatoms. The van der Waals surface area contributed by atoms with Crippen LogP contribution >= 0.6 is 0 Å². The van der Waals surface area contributed by atoms with Gasteiger partial charge in [-0.25, -0.2) is 0 Å². The number of hydrogen-bond donors (Lipinski definition) is 3. The van der Waals surface area contributed by atoms with Gasteiger partial charge in [-0.05, 0) is 25.1 Å². The highest BCUT2D eigenvalue weighted by molar-refractivity contribution is 6.02. The van der Waals surface area contributed by atoms with Crippen molar-refractivity contribution in [3.8, 4) is 0 Å². The molecule has 0 atom stereocenters. The molecule has 0 bridgehead atoms. The Bertz CT molecular complexity index is 489. The van der Waals surface area contributed by atoms with Crippen LogP contribution in [0.2, 0.25) is 0 Å². The van der Waals surface area contributed by atoms with E-state index in [2.05, 4.69) is 5.16 Å². The van der Waals surface area contributed by atoms with Crippen LogP contribution in [0.25, 0.3) is 0 Å². The maximum absolute atomic E-state index is 12.7. The molecular formula is C12H16F3N3O2. The fraction of sp³-hybridized carbons (Fsp3) is 0.417. The third-order valence-electron chi connectivity index (χ3n) is 2.80. The average molecular weight is 291 g/mol. The predicted octanol–water partition coefficient (Wildman–Crippen LogP) is 1.62. The molecule has 4 N–H and O–H groups in total. The molecule has 20 heavy (non-hydrogen) atoms. The van der Waals surface area contributed by atoms with Crippen molar-refractivity contribution in [2.24, 2.45) is 10.9 Å². The summed E-state index contributed by atoms with van der Waals surface area (Å²) < 4.78 is 38.1. The molecule has 1 rings (SSSR count). The summed E-state index contributed by atoms with van der Waals surface area (Å²) in [6.07, 6.45) is -4.52. The second-order valence-electron chi connectivity index (χ2n) is 4.02. The Balaban J connectivity index is 3.37. The van der Waals surface area contributed by atoms with Crippen molar-refractivity contribution in [2.75, 3.05) is 24.6 Å². The van der Waals surface area contributed by atoms with Crippen molar-refractivity contribution in [3.63, 3.8) is 0 Å². The molecule has 0 saturated carbocycles. The molecular weight excluding hydrogens is 275 g/mol. The van der Waals surface area contributed by atoms with Gasteiger partial charge >= 0.3 is 6.18 Å². The Morgan fingerprint density at radius 2 is 2.05 bits per heavy atom. The normalized spacial score (nSPS) is 12.6. The third kappa shape index (κ3) is 3.53. The van der Waals surface area contributed by atoms with Crippen molar-refractivity contribution < 1.29 is 23.5 Å². The zero-order valence-electron chi connectivity index (χ0n) is 10.9. The fourth-order valence-electron chi connectivity index (χ4n) is 1.82. The quantitative estimate of drug-likeness (QED) is 0.333. The van der Waals surface area contributed by atoms with E-state index in [1.54, 1.807) is 11.8 Å². The standard InChI is InChI=1S/C12H16F3N3O2/c1-2-18(5-6-19)10-4-3-8(12(13,14)15)7-9(10)11(16)17-20/h3-4,7,19-20H,2,5-6H2,1H3,(H2,16,17). The molecule has 0 aromatic heterocycles. The van der Waals surface area contributed by atoms with Crippen molar-refractivity contribution in [1.29, 1.82) is 0 Å². The summed E-state index contributed by atoms with van der Waals surface area (Å²) in [5.41, 5.74) is 4.89. The molecule has 0 spiro atoms. The Kier molecular flexibility index (Phi) is 5.20. The predicted molar refractivity (Wildman–Crippen MR) is 68.9 cm³/mol. The molecule has 0 aliphatic heterocycles. The van der Waals surface area contributed by atoms with Crippen LogP contribution in [0.4, 0.5) is 18.9 Å². The lowest BCUT2D eigenvalue weighted by molar-refractivity contribution is -0.137. The first-order valence-electron chi connectivity index (χ1n) is 5.90. The number of aliphatic hydroxyl groups is 1. The van der Waals surface area contributed by atoms with Crippen molar-refractivity contribution in [3.05, 3.63) is 29.3 Å². The SMILES string of the molecule is CCN(CCO)c1ccc(C(F)(F)F)cc1/C(N)=N/O. The van der Waals surface area contributed by atoms with Gasteiger partial charge in [-0.1, -0.05) is 5.16 Å². The van der Waals surface area contributed by atoms with Crippen LogP contribution in [-0.2, 0) is 6.18 Å². The number of amidine groups is 1. The van der Waals surface area contributed by atoms with E-state index in [4.69, 9.17) is 16.0 Å². The molecule has 0 aliphatic carbocycles. The van der Waals surface area contributed by atoms with Gasteiger partial charge in [-0.3, -0.25) is 0 Å². The van der Waals surface area contributed by atoms with E-state index in [-0.39, 0.29) is 18.7 Å². The van der Waals surface area contributed by atoms with Crippen LogP contribution < -0.4 is 10.6 Å². The molecule has 0 unspecified atom stereocenters. The minimum atomic E-state index is -4.52. The van der Waals surface area contributed by atoms with Crippen LogP contribution in [0.5, 0.6) is 0 Å². The summed E-state index contributed by atoms with van der Waals surface area (Å²) in [4.78, 5) is 1.63. The monoisotopic (exact) mass is 291 g/mol. The second kappa shape index (κ2) is 6.47. The zero-order valence-corrected chi connectivity index (χ0v) is 10.9. The highest BCUT2D eigenvalue weighted by atomic mass is 19.4. The van der Waals surface area contributed by atoms with Gasteiger partial charge in [0.2, 0.25) is 0 Å². The summed E-state index contributed by atoms with van der Waals surface area (Å²) in [6, 6.07) is 2.99. The number of nitrogens with two attached hydrogens (primary N) is 1. The topological polar surface area (TPSA) is 82.1 Å². The van der Waals surface area contributed by atoms with Crippen molar-refractivity contribution in [2.45, 2.75) is 13.1 Å². The van der Waals surface area contributed by atoms with Gasteiger partial charge in [0.25, 0.3) is 0 Å². The maximum atomic E-state index is 12.7. The number of nitrogens with zero attached hydrogens (tertiary/aromatic N) is 2. The van der Waals surface area contributed by atoms with Crippen LogP contribution in [0.1, 0.15) is 18.1 Å². The molecule has 0 heterocycles. The molecule has 0 saturated heterocycles. The molecule has 5 nitrogen and oxygen atoms in total. The number of benzene rings is 1. The Morgan fingerprint density at radius 1 is 1.40 bits per heavy atom. The minimum absolute atomic E-state index is 0.0300. The minimum Gasteiger partial charge on any atom is -0.409 e. The Hall–Kier alpha value is -1.96. The largest absolute Gasteiger partial charge is 0.416 e. The molecule has 0 aliphatic rings. The summed E-state index contributed by atoms with van der Waals surface area (Å²) in [6.45, 7) is 2.30. The van der Waals surface area contributed by atoms with E-state index in [0.717, 1.165) is 12.1 Å². The van der Waals surface area contributed by atoms with Gasteiger partial charge in [-0.2, -0.15) is 13.2 Å². The van der Waals surface area contributed by atoms with Crippen LogP contribution in [0.3, 0.4) is 0 Å². The lowest BCUT2D eigenvalue weighted by Gasteiger charge is -2.25. The summed E-state index contributed by atoms with van der Waals surface area (Å²) in [7, 11) is 0. The third-order valence-corrected chi connectivity index (χ3v) is 2.80. The molecule has 1 aromatic carbocycles. The van der Waals surface area contributed by atoms with Crippen molar-refractivity contribution in [1.82, 2.24) is 0 Å². The summed E-state index contributed by atoms with van der Waals surface area (Å²) >= 11 is 0. The number of rotatable bonds is 5. The highest BCUT2D eigenvalue weighted by Crippen LogP contribution is 2.32. The number of alkyl halides is 3. The lowest BCUT2D eigenvalue weighted by atomic mass is 10.1. The highest BCUT2D eigenvalue weighted by Gasteiger charge is 2.31. The fourth-order valence-corrected chi connectivity index (χ4v) is 1.82. The summed E-state index contributed by atoms with van der Waals surface area (Å²) in [5, 5.41) is 20.4. The summed E-state index contributed by atoms with van der Waals surface area (Å²) in [5.74, 6) is -0.414. The van der Waals surface area contributed by atoms with Crippen LogP contribution in [0.15, 0.2) is 23.4 Å². The van der Waals surface area contributed by atoms with E-state index in [0.29, 0.717) is 12.2 Å². The van der Waals surface area contributed by atoms with Gasteiger partial charge < -0.3 is 20.9 Å². The zero-order chi connectivity index (χ0) is 15.3. The second-order valence-corrected chi connectivity index (χ2v) is 4.02. The van der Waals surface area contributed by atoms with Gasteiger partial charge in [-0.15, -0.1) is 0 Å². The van der Waals surface area contributed by atoms with E-state index in [1.165, 1.54) is 6.07 Å². The van der Waals surface area contributed by atoms with Gasteiger partial charge in [0.1, 0.15) is 0 Å². The number of anilines is 1. The van der Waals surface area contributed by atoms with E-state index in [9.17, 15) is 13.2 Å². The number of likely N-dealkylation sites (N-methyl/N-ethyl adjacent to an activating group) is 1. The molecule has 1 aromatic rings. The van der Waals surface area contributed by atoms with E-state index in [1.807, 2.05) is 0 Å². The smallest absolute Gasteiger partial charge is 0.409 e. The number of oxime groups is 1. The van der Waals surface area contributed by atoms with Gasteiger partial charge in [0.05, 0.1) is 12.2 Å². The van der Waals surface area contributed by atoms with Gasteiger partial charge in [0, 0.05) is 24.3 Å². The molecule has 0 radical (unpaired) electrons. The first-order valence-corrected chi connectivity index (χ1v) is 5.90. The number of hydrogen-bond acceptors (Lipinski definition) is 4. The van der Waals surface area contributed by atoms with Gasteiger partial charge in [0.15, 0.2) is 5.84 Å². The average Bonchev–Trinajstić information content (AvgIpc) is 2.42.